The molecule has 26 heavy (non-hydrogen) atoms. The van der Waals surface area contributed by atoms with Gasteiger partial charge >= 0.3 is 6.18 Å². The molecule has 5 nitrogen and oxygen atoms in total. The minimum absolute atomic E-state index is 0.00435. The van der Waals surface area contributed by atoms with Crippen molar-refractivity contribution in [2.75, 3.05) is 6.54 Å². The first-order valence-electron chi connectivity index (χ1n) is 8.03. The van der Waals surface area contributed by atoms with Crippen molar-refractivity contribution in [1.29, 1.82) is 0 Å². The van der Waals surface area contributed by atoms with Gasteiger partial charge < -0.3 is 5.32 Å². The molecule has 1 aromatic carbocycles. The molecule has 2 unspecified atom stereocenters. The van der Waals surface area contributed by atoms with Gasteiger partial charge in [-0.15, -0.1) is 0 Å². The Kier molecular flexibility index (Phi) is 4.92. The van der Waals surface area contributed by atoms with Gasteiger partial charge in [0.2, 0.25) is 0 Å². The molecule has 1 aliphatic carbocycles. The van der Waals surface area contributed by atoms with Crippen molar-refractivity contribution in [1.82, 2.24) is 5.32 Å². The summed E-state index contributed by atoms with van der Waals surface area (Å²) in [6.45, 7) is 0.412. The number of halogens is 3. The van der Waals surface area contributed by atoms with Crippen LogP contribution in [-0.4, -0.2) is 29.4 Å². The number of nitro groups is 1. The molecule has 0 saturated carbocycles. The van der Waals surface area contributed by atoms with Crippen LogP contribution in [0, 0.1) is 16.0 Å². The average molecular weight is 363 g/mol. The highest BCUT2D eigenvalue weighted by Crippen LogP contribution is 2.31. The van der Waals surface area contributed by atoms with E-state index in [1.807, 2.05) is 6.08 Å². The molecule has 0 radical (unpaired) electrons. The molecule has 1 aliphatic heterocycles. The van der Waals surface area contributed by atoms with Gasteiger partial charge in [-0.2, -0.15) is 13.2 Å². The molecule has 0 spiro atoms. The summed E-state index contributed by atoms with van der Waals surface area (Å²) in [6, 6.07) is 5.54. The number of alkyl halides is 3. The third-order valence-corrected chi connectivity index (χ3v) is 4.23. The van der Waals surface area contributed by atoms with E-state index in [9.17, 15) is 23.3 Å². The summed E-state index contributed by atoms with van der Waals surface area (Å²) >= 11 is 0. The van der Waals surface area contributed by atoms with E-state index in [1.165, 1.54) is 12.1 Å². The fourth-order valence-electron chi connectivity index (χ4n) is 2.91. The van der Waals surface area contributed by atoms with Crippen LogP contribution in [0.2, 0.25) is 0 Å². The van der Waals surface area contributed by atoms with Crippen LogP contribution >= 0.6 is 0 Å². The van der Waals surface area contributed by atoms with Crippen molar-refractivity contribution >= 4 is 11.4 Å². The lowest BCUT2D eigenvalue weighted by Gasteiger charge is -2.29. The van der Waals surface area contributed by atoms with Crippen LogP contribution in [0.1, 0.15) is 5.56 Å². The number of hydrogen-bond acceptors (Lipinski definition) is 4. The van der Waals surface area contributed by atoms with Crippen LogP contribution in [0.15, 0.2) is 65.3 Å². The number of allylic oxidation sites excluding steroid dienone is 3. The summed E-state index contributed by atoms with van der Waals surface area (Å²) in [7, 11) is 0. The normalized spacial score (nSPS) is 21.7. The molecule has 2 atom stereocenters. The number of nitrogens with one attached hydrogen (secondary N) is 1. The Bertz CT molecular complexity index is 808. The maximum atomic E-state index is 13.1. The number of fused-ring (bicyclic) bond motifs is 1. The van der Waals surface area contributed by atoms with Crippen molar-refractivity contribution in [2.24, 2.45) is 10.9 Å². The van der Waals surface area contributed by atoms with Gasteiger partial charge in [-0.3, -0.25) is 15.1 Å². The summed E-state index contributed by atoms with van der Waals surface area (Å²) in [6.07, 6.45) is 4.06. The van der Waals surface area contributed by atoms with Crippen LogP contribution in [0.4, 0.5) is 18.9 Å². The Balaban J connectivity index is 1.68. The molecule has 0 aromatic heterocycles. The topological polar surface area (TPSA) is 67.5 Å². The highest BCUT2D eigenvalue weighted by atomic mass is 19.4. The summed E-state index contributed by atoms with van der Waals surface area (Å²) in [5.41, 5.74) is 0.445. The fourth-order valence-corrected chi connectivity index (χ4v) is 2.91. The van der Waals surface area contributed by atoms with E-state index in [4.69, 9.17) is 0 Å². The highest BCUT2D eigenvalue weighted by molar-refractivity contribution is 6.01. The Labute approximate surface area is 147 Å². The number of nitro benzene ring substituents is 1. The minimum atomic E-state index is -4.49. The number of hydrogen-bond donors (Lipinski definition) is 1. The van der Waals surface area contributed by atoms with E-state index < -0.39 is 22.9 Å². The fraction of sp³-hybridized carbons (Fsp3) is 0.278. The summed E-state index contributed by atoms with van der Waals surface area (Å²) < 4.78 is 39.2. The van der Waals surface area contributed by atoms with Crippen LogP contribution in [0.5, 0.6) is 0 Å². The van der Waals surface area contributed by atoms with E-state index in [2.05, 4.69) is 10.3 Å². The third kappa shape index (κ3) is 4.01. The molecule has 1 N–H and O–H groups in total. The second-order valence-corrected chi connectivity index (χ2v) is 6.00. The van der Waals surface area contributed by atoms with E-state index in [-0.39, 0.29) is 11.6 Å². The first-order valence-corrected chi connectivity index (χ1v) is 8.03. The van der Waals surface area contributed by atoms with Crippen LogP contribution < -0.4 is 5.32 Å². The zero-order valence-corrected chi connectivity index (χ0v) is 13.6. The molecule has 2 aliphatic rings. The molecular formula is C18H16F3N3O2. The summed E-state index contributed by atoms with van der Waals surface area (Å²) in [4.78, 5) is 14.0. The van der Waals surface area contributed by atoms with Crippen molar-refractivity contribution < 1.29 is 18.1 Å². The average Bonchev–Trinajstić information content (AvgIpc) is 2.61. The second-order valence-electron chi connectivity index (χ2n) is 6.00. The van der Waals surface area contributed by atoms with Crippen molar-refractivity contribution in [2.45, 2.75) is 18.6 Å². The van der Waals surface area contributed by atoms with Crippen molar-refractivity contribution in [3.8, 4) is 0 Å². The standard InChI is InChI=1S/C18H16F3N3O2/c19-18(20,21)17-11-16(14-3-1-2-4-15(14)23-17)22-10-9-12-5-7-13(8-6-12)24(25)26/h1-8,11,14-15,22H,9-10H2. The predicted molar refractivity (Wildman–Crippen MR) is 91.9 cm³/mol. The van der Waals surface area contributed by atoms with Crippen molar-refractivity contribution in [3.63, 3.8) is 0 Å². The minimum Gasteiger partial charge on any atom is -0.387 e. The van der Waals surface area contributed by atoms with Gasteiger partial charge in [-0.25, -0.2) is 0 Å². The first-order chi connectivity index (χ1) is 12.3. The Morgan fingerprint density at radius 1 is 1.15 bits per heavy atom. The molecule has 0 saturated heterocycles. The van der Waals surface area contributed by atoms with Gasteiger partial charge in [0.25, 0.3) is 5.69 Å². The molecule has 136 valence electrons. The molecule has 1 aromatic rings. The lowest BCUT2D eigenvalue weighted by atomic mass is 9.89. The van der Waals surface area contributed by atoms with Gasteiger partial charge in [-0.05, 0) is 18.1 Å². The summed E-state index contributed by atoms with van der Waals surface area (Å²) in [5, 5.41) is 13.7. The zero-order chi connectivity index (χ0) is 18.7. The third-order valence-electron chi connectivity index (χ3n) is 4.23. The molecular weight excluding hydrogens is 347 g/mol. The SMILES string of the molecule is O=[N+]([O-])c1ccc(CCNC2=CC(C(F)(F)F)=NC3C=CC=CC23)cc1. The van der Waals surface area contributed by atoms with E-state index in [1.54, 1.807) is 30.4 Å². The molecule has 0 bridgehead atoms. The van der Waals surface area contributed by atoms with Crippen molar-refractivity contribution in [3.05, 3.63) is 76.0 Å². The smallest absolute Gasteiger partial charge is 0.387 e. The van der Waals surface area contributed by atoms with Gasteiger partial charge in [0, 0.05) is 30.3 Å². The van der Waals surface area contributed by atoms with Crippen LogP contribution in [-0.2, 0) is 6.42 Å². The predicted octanol–water partition coefficient (Wildman–Crippen LogP) is 3.74. The second kappa shape index (κ2) is 7.15. The lowest BCUT2D eigenvalue weighted by molar-refractivity contribution is -0.384. The number of aliphatic imine (C=N–C) groups is 1. The quantitative estimate of drug-likeness (QED) is 0.640. The number of dihydropyridines is 1. The molecule has 8 heteroatoms. The number of rotatable bonds is 5. The van der Waals surface area contributed by atoms with Crippen LogP contribution in [0.3, 0.4) is 0 Å². The molecule has 1 heterocycles. The van der Waals surface area contributed by atoms with E-state index in [0.29, 0.717) is 18.7 Å². The Morgan fingerprint density at radius 3 is 2.50 bits per heavy atom. The Morgan fingerprint density at radius 2 is 1.85 bits per heavy atom. The largest absolute Gasteiger partial charge is 0.432 e. The van der Waals surface area contributed by atoms with Gasteiger partial charge in [0.1, 0.15) is 5.71 Å². The van der Waals surface area contributed by atoms with E-state index in [0.717, 1.165) is 11.6 Å². The van der Waals surface area contributed by atoms with Gasteiger partial charge in [0.15, 0.2) is 0 Å². The van der Waals surface area contributed by atoms with Gasteiger partial charge in [0.05, 0.1) is 11.0 Å². The molecule has 0 amide bonds. The zero-order valence-electron chi connectivity index (χ0n) is 13.6. The van der Waals surface area contributed by atoms with E-state index >= 15 is 0 Å². The highest BCUT2D eigenvalue weighted by Gasteiger charge is 2.39. The van der Waals surface area contributed by atoms with Crippen LogP contribution in [0.25, 0.3) is 0 Å². The maximum absolute atomic E-state index is 13.1. The monoisotopic (exact) mass is 363 g/mol. The molecule has 3 rings (SSSR count). The number of non-ortho nitro benzene ring substituents is 1. The lowest BCUT2D eigenvalue weighted by Crippen LogP contribution is -2.36. The maximum Gasteiger partial charge on any atom is 0.432 e. The number of nitrogens with zero attached hydrogens (tertiary/aromatic N) is 2. The summed E-state index contributed by atoms with van der Waals surface area (Å²) in [5.74, 6) is -0.247. The number of benzene rings is 1. The first kappa shape index (κ1) is 17.9. The molecule has 0 fully saturated rings. The van der Waals surface area contributed by atoms with Gasteiger partial charge in [-0.1, -0.05) is 36.4 Å². The Hall–Kier alpha value is -2.90.